The van der Waals surface area contributed by atoms with Crippen LogP contribution >= 0.6 is 11.3 Å². The number of benzene rings is 6. The van der Waals surface area contributed by atoms with Gasteiger partial charge in [0.2, 0.25) is 0 Å². The van der Waals surface area contributed by atoms with E-state index in [9.17, 15) is 0 Å². The van der Waals surface area contributed by atoms with Crippen LogP contribution in [0.15, 0.2) is 144 Å². The number of thiophene rings is 1. The molecule has 0 atom stereocenters. The molecule has 0 amide bonds. The predicted molar refractivity (Wildman–Crippen MR) is 200 cm³/mol. The molecule has 0 aliphatic heterocycles. The summed E-state index contributed by atoms with van der Waals surface area (Å²) in [6.07, 6.45) is 6.25. The maximum atomic E-state index is 6.29. The number of furan rings is 1. The van der Waals surface area contributed by atoms with E-state index in [1.54, 1.807) is 11.3 Å². The molecule has 0 saturated heterocycles. The fraction of sp³-hybridized carbons (Fsp3) is 0.0465. The van der Waals surface area contributed by atoms with E-state index in [2.05, 4.69) is 127 Å². The molecular formula is C43H27N3OS. The van der Waals surface area contributed by atoms with Crippen LogP contribution in [-0.4, -0.2) is 15.0 Å². The summed E-state index contributed by atoms with van der Waals surface area (Å²) in [6.45, 7) is 0. The highest BCUT2D eigenvalue weighted by Crippen LogP contribution is 2.41. The van der Waals surface area contributed by atoms with Crippen molar-refractivity contribution in [3.05, 3.63) is 151 Å². The average molecular weight is 634 g/mol. The minimum atomic E-state index is 0.662. The van der Waals surface area contributed by atoms with Crippen LogP contribution in [0.1, 0.15) is 24.2 Å². The van der Waals surface area contributed by atoms with Gasteiger partial charge in [-0.2, -0.15) is 0 Å². The van der Waals surface area contributed by atoms with Crippen LogP contribution in [0, 0.1) is 0 Å². The summed E-state index contributed by atoms with van der Waals surface area (Å²) in [5.41, 5.74) is 7.13. The molecular weight excluding hydrogens is 607 g/mol. The summed E-state index contributed by atoms with van der Waals surface area (Å²) < 4.78 is 8.79. The van der Waals surface area contributed by atoms with Crippen LogP contribution in [0.4, 0.5) is 0 Å². The Labute approximate surface area is 280 Å². The Bertz CT molecular complexity index is 2800. The van der Waals surface area contributed by atoms with Crippen LogP contribution in [-0.2, 0) is 0 Å². The molecule has 4 nitrogen and oxygen atoms in total. The van der Waals surface area contributed by atoms with Gasteiger partial charge in [0.25, 0.3) is 0 Å². The SMILES string of the molecule is C1=CC(c2nc(-c3ccc4ccccc4c3)nc(-c3ccc4c(c3)sc3ccccc34)n2)=C(c2cccc3oc4ccccc4c23)CC1. The molecule has 1 aliphatic carbocycles. The Morgan fingerprint density at radius 1 is 0.542 bits per heavy atom. The van der Waals surface area contributed by atoms with Gasteiger partial charge in [-0.05, 0) is 65.1 Å². The van der Waals surface area contributed by atoms with Gasteiger partial charge >= 0.3 is 0 Å². The molecule has 0 bridgehead atoms. The Hall–Kier alpha value is -5.91. The van der Waals surface area contributed by atoms with Gasteiger partial charge < -0.3 is 4.42 Å². The molecule has 3 heterocycles. The van der Waals surface area contributed by atoms with Crippen molar-refractivity contribution in [2.75, 3.05) is 0 Å². The minimum absolute atomic E-state index is 0.662. The molecule has 48 heavy (non-hydrogen) atoms. The molecule has 0 N–H and O–H groups in total. The summed E-state index contributed by atoms with van der Waals surface area (Å²) in [5.74, 6) is 2.01. The lowest BCUT2D eigenvalue weighted by Crippen LogP contribution is -2.05. The minimum Gasteiger partial charge on any atom is -0.456 e. The third kappa shape index (κ3) is 4.39. The Morgan fingerprint density at radius 2 is 1.25 bits per heavy atom. The fourth-order valence-corrected chi connectivity index (χ4v) is 8.27. The third-order valence-electron chi connectivity index (χ3n) is 9.42. The summed E-state index contributed by atoms with van der Waals surface area (Å²) in [4.78, 5) is 15.6. The van der Waals surface area contributed by atoms with Crippen molar-refractivity contribution in [2.24, 2.45) is 0 Å². The van der Waals surface area contributed by atoms with Gasteiger partial charge in [-0.15, -0.1) is 11.3 Å². The summed E-state index contributed by atoms with van der Waals surface area (Å²) in [5, 5.41) is 7.13. The summed E-state index contributed by atoms with van der Waals surface area (Å²) in [6, 6.07) is 44.6. The fourth-order valence-electron chi connectivity index (χ4n) is 7.13. The quantitative estimate of drug-likeness (QED) is 0.193. The highest BCUT2D eigenvalue weighted by atomic mass is 32.1. The molecule has 5 heteroatoms. The molecule has 0 unspecified atom stereocenters. The van der Waals surface area contributed by atoms with E-state index in [0.717, 1.165) is 62.4 Å². The first-order valence-corrected chi connectivity index (χ1v) is 17.1. The van der Waals surface area contributed by atoms with E-state index >= 15 is 0 Å². The third-order valence-corrected chi connectivity index (χ3v) is 10.6. The average Bonchev–Trinajstić information content (AvgIpc) is 3.72. The largest absolute Gasteiger partial charge is 0.456 e. The van der Waals surface area contributed by atoms with Crippen molar-refractivity contribution in [1.29, 1.82) is 0 Å². The van der Waals surface area contributed by atoms with E-state index in [4.69, 9.17) is 19.4 Å². The van der Waals surface area contributed by atoms with E-state index in [0.29, 0.717) is 17.5 Å². The van der Waals surface area contributed by atoms with Gasteiger partial charge in [-0.25, -0.2) is 15.0 Å². The lowest BCUT2D eigenvalue weighted by molar-refractivity contribution is 0.669. The van der Waals surface area contributed by atoms with Crippen molar-refractivity contribution < 1.29 is 4.42 Å². The molecule has 0 spiro atoms. The van der Waals surface area contributed by atoms with E-state index in [1.165, 1.54) is 31.1 Å². The normalized spacial score (nSPS) is 13.5. The zero-order valence-electron chi connectivity index (χ0n) is 25.9. The van der Waals surface area contributed by atoms with E-state index in [-0.39, 0.29) is 0 Å². The van der Waals surface area contributed by atoms with Gasteiger partial charge in [-0.1, -0.05) is 109 Å². The molecule has 3 aromatic heterocycles. The van der Waals surface area contributed by atoms with Crippen LogP contribution in [0.25, 0.3) is 86.8 Å². The van der Waals surface area contributed by atoms with Gasteiger partial charge in [-0.3, -0.25) is 0 Å². The molecule has 6 aromatic carbocycles. The van der Waals surface area contributed by atoms with Crippen LogP contribution < -0.4 is 0 Å². The van der Waals surface area contributed by atoms with Crippen LogP contribution in [0.3, 0.4) is 0 Å². The maximum absolute atomic E-state index is 6.29. The molecule has 0 fully saturated rings. The number of rotatable bonds is 4. The monoisotopic (exact) mass is 633 g/mol. The first-order chi connectivity index (χ1) is 23.8. The van der Waals surface area contributed by atoms with Crippen molar-refractivity contribution >= 4 is 75.4 Å². The molecule has 9 aromatic rings. The second-order valence-electron chi connectivity index (χ2n) is 12.3. The van der Waals surface area contributed by atoms with Gasteiger partial charge in [0.15, 0.2) is 17.5 Å². The number of para-hydroxylation sites is 1. The van der Waals surface area contributed by atoms with Crippen molar-refractivity contribution in [3.8, 4) is 22.8 Å². The molecule has 0 radical (unpaired) electrons. The highest BCUT2D eigenvalue weighted by molar-refractivity contribution is 7.25. The zero-order chi connectivity index (χ0) is 31.6. The first-order valence-electron chi connectivity index (χ1n) is 16.2. The number of nitrogens with zero attached hydrogens (tertiary/aromatic N) is 3. The zero-order valence-corrected chi connectivity index (χ0v) is 26.7. The standard InChI is InChI=1S/C43H27N3OS/c1-2-11-27-24-28(21-20-26(27)10-1)41-44-42(29-22-23-32-31-13-6-8-19-38(31)48-39(32)25-29)46-43(45-41)34-14-4-3-12-30(34)33-16-9-18-37-40(33)35-15-5-7-17-36(35)47-37/h1-2,4-11,13-25H,3,12H2. The number of hydrogen-bond donors (Lipinski definition) is 0. The Morgan fingerprint density at radius 3 is 2.17 bits per heavy atom. The van der Waals surface area contributed by atoms with Crippen molar-refractivity contribution in [3.63, 3.8) is 0 Å². The lowest BCUT2D eigenvalue weighted by atomic mass is 9.88. The molecule has 1 aliphatic rings. The number of hydrogen-bond acceptors (Lipinski definition) is 5. The topological polar surface area (TPSA) is 51.8 Å². The molecule has 0 saturated carbocycles. The van der Waals surface area contributed by atoms with Crippen LogP contribution in [0.5, 0.6) is 0 Å². The highest BCUT2D eigenvalue weighted by Gasteiger charge is 2.22. The maximum Gasteiger partial charge on any atom is 0.164 e. The number of aromatic nitrogens is 3. The smallest absolute Gasteiger partial charge is 0.164 e. The van der Waals surface area contributed by atoms with E-state index < -0.39 is 0 Å². The Kier molecular flexibility index (Phi) is 6.14. The van der Waals surface area contributed by atoms with Crippen molar-refractivity contribution in [2.45, 2.75) is 12.8 Å². The first kappa shape index (κ1) is 27.2. The Balaban J connectivity index is 1.22. The van der Waals surface area contributed by atoms with Gasteiger partial charge in [0.1, 0.15) is 11.2 Å². The van der Waals surface area contributed by atoms with Gasteiger partial charge in [0, 0.05) is 47.6 Å². The second-order valence-corrected chi connectivity index (χ2v) is 13.4. The van der Waals surface area contributed by atoms with Crippen LogP contribution in [0.2, 0.25) is 0 Å². The summed E-state index contributed by atoms with van der Waals surface area (Å²) in [7, 11) is 0. The second kappa shape index (κ2) is 10.8. The van der Waals surface area contributed by atoms with Gasteiger partial charge in [0.05, 0.1) is 0 Å². The van der Waals surface area contributed by atoms with Crippen molar-refractivity contribution in [1.82, 2.24) is 15.0 Å². The number of allylic oxidation sites excluding steroid dienone is 4. The number of fused-ring (bicyclic) bond motifs is 7. The predicted octanol–water partition coefficient (Wildman–Crippen LogP) is 11.9. The lowest BCUT2D eigenvalue weighted by Gasteiger charge is -2.18. The summed E-state index contributed by atoms with van der Waals surface area (Å²) >= 11 is 1.80. The molecule has 226 valence electrons. The molecule has 10 rings (SSSR count). The van der Waals surface area contributed by atoms with E-state index in [1.807, 2.05) is 12.1 Å².